The van der Waals surface area contributed by atoms with Crippen LogP contribution in [-0.4, -0.2) is 4.57 Å². The molecule has 0 atom stereocenters. The number of rotatable bonds is 7. The quantitative estimate of drug-likeness (QED) is 0.170. The Balaban J connectivity index is 1.13. The molecule has 0 radical (unpaired) electrons. The maximum atomic E-state index is 6.79. The smallest absolute Gasteiger partial charge is 0.145 e. The molecule has 0 unspecified atom stereocenters. The van der Waals surface area contributed by atoms with Gasteiger partial charge in [0.25, 0.3) is 0 Å². The number of aromatic nitrogens is 1. The molecule has 0 amide bonds. The average Bonchev–Trinajstić information content (AvgIpc) is 3.76. The number of nitrogens with two attached hydrogens (primary N) is 1. The highest BCUT2D eigenvalue weighted by Gasteiger charge is 2.20. The summed E-state index contributed by atoms with van der Waals surface area (Å²) in [6, 6.07) is 66.3. The minimum Gasteiger partial charge on any atom is -0.455 e. The van der Waals surface area contributed by atoms with Crippen molar-refractivity contribution < 1.29 is 4.42 Å². The van der Waals surface area contributed by atoms with E-state index in [9.17, 15) is 0 Å². The third-order valence-electron chi connectivity index (χ3n) is 10.4. The van der Waals surface area contributed by atoms with Crippen molar-refractivity contribution in [3.63, 3.8) is 0 Å². The first kappa shape index (κ1) is 30.8. The molecule has 2 aromatic heterocycles. The Kier molecular flexibility index (Phi) is 7.33. The van der Waals surface area contributed by atoms with Crippen molar-refractivity contribution in [2.45, 2.75) is 6.54 Å². The van der Waals surface area contributed by atoms with E-state index in [-0.39, 0.29) is 0 Å². The molecule has 53 heavy (non-hydrogen) atoms. The first-order valence-electron chi connectivity index (χ1n) is 18.0. The van der Waals surface area contributed by atoms with E-state index in [4.69, 9.17) is 10.2 Å². The van der Waals surface area contributed by atoms with Gasteiger partial charge in [-0.25, -0.2) is 0 Å². The second kappa shape index (κ2) is 12.6. The number of nitrogen functional groups attached to an aromatic ring is 1. The molecule has 0 aliphatic carbocycles. The highest BCUT2D eigenvalue weighted by Crippen LogP contribution is 2.43. The van der Waals surface area contributed by atoms with Gasteiger partial charge in [-0.2, -0.15) is 0 Å². The van der Waals surface area contributed by atoms with Gasteiger partial charge in [0.2, 0.25) is 0 Å². The van der Waals surface area contributed by atoms with Crippen molar-refractivity contribution >= 4 is 60.8 Å². The van der Waals surface area contributed by atoms with Gasteiger partial charge in [0, 0.05) is 34.1 Å². The number of benzene rings is 8. The van der Waals surface area contributed by atoms with E-state index >= 15 is 0 Å². The highest BCUT2D eigenvalue weighted by molar-refractivity contribution is 6.24. The molecule has 4 heteroatoms. The molecule has 0 fully saturated rings. The van der Waals surface area contributed by atoms with Crippen molar-refractivity contribution in [2.75, 3.05) is 10.6 Å². The zero-order valence-electron chi connectivity index (χ0n) is 29.0. The highest BCUT2D eigenvalue weighted by atomic mass is 16.3. The molecule has 10 rings (SSSR count). The Morgan fingerprint density at radius 3 is 1.79 bits per heavy atom. The van der Waals surface area contributed by atoms with Crippen LogP contribution in [-0.2, 0) is 6.54 Å². The number of fused-ring (bicyclic) bond motifs is 7. The van der Waals surface area contributed by atoms with Gasteiger partial charge in [0.1, 0.15) is 11.2 Å². The number of hydrogen-bond donors (Lipinski definition) is 1. The lowest BCUT2D eigenvalue weighted by molar-refractivity contribution is 0.673. The van der Waals surface area contributed by atoms with Crippen LogP contribution in [0.25, 0.3) is 71.7 Å². The summed E-state index contributed by atoms with van der Waals surface area (Å²) in [7, 11) is 0. The summed E-state index contributed by atoms with van der Waals surface area (Å²) in [5.74, 6) is 0. The SMILES string of the molecule is Nc1ccccc1N(Cc1ccc(-n2c3ccc(-c4ccccc4)cc3c3c4oc5ccc(-c6ccccc6)cc5c4ccc32)cc1)c1ccccc1. The molecular formula is C49H35N3O. The van der Waals surface area contributed by atoms with Crippen LogP contribution in [0.3, 0.4) is 0 Å². The van der Waals surface area contributed by atoms with Crippen molar-refractivity contribution in [2.24, 2.45) is 0 Å². The normalized spacial score (nSPS) is 11.5. The third-order valence-corrected chi connectivity index (χ3v) is 10.4. The molecule has 0 bridgehead atoms. The Bertz CT molecular complexity index is 2910. The van der Waals surface area contributed by atoms with Crippen LogP contribution in [0.4, 0.5) is 17.1 Å². The predicted octanol–water partition coefficient (Wildman–Crippen LogP) is 12.9. The van der Waals surface area contributed by atoms with E-state index in [1.165, 1.54) is 27.8 Å². The number of para-hydroxylation sites is 3. The van der Waals surface area contributed by atoms with Crippen molar-refractivity contribution in [3.05, 3.63) is 194 Å². The van der Waals surface area contributed by atoms with E-state index in [0.717, 1.165) is 66.5 Å². The van der Waals surface area contributed by atoms with Crippen LogP contribution in [0.15, 0.2) is 192 Å². The molecule has 0 aliphatic heterocycles. The van der Waals surface area contributed by atoms with Crippen LogP contribution >= 0.6 is 0 Å². The number of hydrogen-bond acceptors (Lipinski definition) is 3. The van der Waals surface area contributed by atoms with Crippen LogP contribution in [0.2, 0.25) is 0 Å². The summed E-state index contributed by atoms with van der Waals surface area (Å²) >= 11 is 0. The summed E-state index contributed by atoms with van der Waals surface area (Å²) < 4.78 is 9.16. The Morgan fingerprint density at radius 2 is 1.09 bits per heavy atom. The molecule has 4 nitrogen and oxygen atoms in total. The number of nitrogens with zero attached hydrogens (tertiary/aromatic N) is 2. The van der Waals surface area contributed by atoms with E-state index in [2.05, 4.69) is 173 Å². The molecular weight excluding hydrogens is 647 g/mol. The van der Waals surface area contributed by atoms with Gasteiger partial charge in [-0.05, 0) is 101 Å². The Hall–Kier alpha value is -7.04. The number of furan rings is 1. The van der Waals surface area contributed by atoms with E-state index in [1.807, 2.05) is 24.3 Å². The predicted molar refractivity (Wildman–Crippen MR) is 222 cm³/mol. The molecule has 0 spiro atoms. The van der Waals surface area contributed by atoms with E-state index in [0.29, 0.717) is 6.54 Å². The van der Waals surface area contributed by atoms with E-state index in [1.54, 1.807) is 0 Å². The van der Waals surface area contributed by atoms with E-state index < -0.39 is 0 Å². The molecule has 0 saturated carbocycles. The lowest BCUT2D eigenvalue weighted by atomic mass is 10.0. The van der Waals surface area contributed by atoms with Gasteiger partial charge in [0.05, 0.1) is 27.8 Å². The van der Waals surface area contributed by atoms with Gasteiger partial charge >= 0.3 is 0 Å². The summed E-state index contributed by atoms with van der Waals surface area (Å²) in [5.41, 5.74) is 20.4. The molecule has 2 N–H and O–H groups in total. The first-order chi connectivity index (χ1) is 26.2. The third kappa shape index (κ3) is 5.31. The van der Waals surface area contributed by atoms with Crippen molar-refractivity contribution in [1.82, 2.24) is 4.57 Å². The van der Waals surface area contributed by atoms with Crippen molar-refractivity contribution in [3.8, 4) is 27.9 Å². The summed E-state index contributed by atoms with van der Waals surface area (Å²) in [4.78, 5) is 2.28. The van der Waals surface area contributed by atoms with Crippen LogP contribution in [0.5, 0.6) is 0 Å². The monoisotopic (exact) mass is 681 g/mol. The van der Waals surface area contributed by atoms with Gasteiger partial charge in [-0.15, -0.1) is 0 Å². The van der Waals surface area contributed by atoms with Crippen LogP contribution in [0, 0.1) is 0 Å². The standard InChI is InChI=1S/C49H35N3O/c50-43-18-10-11-19-45(43)51(38-16-8-3-9-17-38)32-33-20-24-39(25-21-33)52-44-27-22-36(34-12-4-1-5-13-34)31-42(44)48-46(52)28-26-40-41-30-37(35-14-6-2-7-15-35)23-29-47(41)53-49(40)48/h1-31H,32,50H2. The fourth-order valence-corrected chi connectivity index (χ4v) is 7.83. The largest absolute Gasteiger partial charge is 0.455 e. The summed E-state index contributed by atoms with van der Waals surface area (Å²) in [5, 5.41) is 4.51. The molecule has 2 heterocycles. The molecule has 252 valence electrons. The Morgan fingerprint density at radius 1 is 0.491 bits per heavy atom. The molecule has 0 aliphatic rings. The van der Waals surface area contributed by atoms with Gasteiger partial charge in [0.15, 0.2) is 0 Å². The lowest BCUT2D eigenvalue weighted by Gasteiger charge is -2.26. The maximum absolute atomic E-state index is 6.79. The molecule has 8 aromatic carbocycles. The lowest BCUT2D eigenvalue weighted by Crippen LogP contribution is -2.17. The maximum Gasteiger partial charge on any atom is 0.145 e. The number of anilines is 3. The summed E-state index contributed by atoms with van der Waals surface area (Å²) in [6.45, 7) is 0.677. The zero-order chi connectivity index (χ0) is 35.3. The van der Waals surface area contributed by atoms with Crippen LogP contribution < -0.4 is 10.6 Å². The second-order valence-electron chi connectivity index (χ2n) is 13.6. The minimum atomic E-state index is 0.677. The fourth-order valence-electron chi connectivity index (χ4n) is 7.83. The fraction of sp³-hybridized carbons (Fsp3) is 0.0204. The zero-order valence-corrected chi connectivity index (χ0v) is 29.0. The molecule has 0 saturated heterocycles. The van der Waals surface area contributed by atoms with Crippen LogP contribution in [0.1, 0.15) is 5.56 Å². The molecule has 10 aromatic rings. The van der Waals surface area contributed by atoms with Gasteiger partial charge in [-0.1, -0.05) is 115 Å². The van der Waals surface area contributed by atoms with Crippen molar-refractivity contribution in [1.29, 1.82) is 0 Å². The van der Waals surface area contributed by atoms with Gasteiger partial charge in [-0.3, -0.25) is 0 Å². The topological polar surface area (TPSA) is 47.3 Å². The van der Waals surface area contributed by atoms with Gasteiger partial charge < -0.3 is 19.6 Å². The Labute approximate surface area is 307 Å². The average molecular weight is 682 g/mol. The summed E-state index contributed by atoms with van der Waals surface area (Å²) in [6.07, 6.45) is 0. The second-order valence-corrected chi connectivity index (χ2v) is 13.6. The first-order valence-corrected chi connectivity index (χ1v) is 18.0. The minimum absolute atomic E-state index is 0.677.